The monoisotopic (exact) mass is 283 g/mol. The van der Waals surface area contributed by atoms with E-state index in [2.05, 4.69) is 12.2 Å². The van der Waals surface area contributed by atoms with Crippen LogP contribution in [0.5, 0.6) is 0 Å². The van der Waals surface area contributed by atoms with Gasteiger partial charge >= 0.3 is 0 Å². The summed E-state index contributed by atoms with van der Waals surface area (Å²) in [6, 6.07) is 5.63. The summed E-state index contributed by atoms with van der Waals surface area (Å²) in [5.74, 6) is 1.30. The molecule has 98 valence electrons. The maximum Gasteiger partial charge on any atom is 0.168 e. The van der Waals surface area contributed by atoms with Crippen molar-refractivity contribution in [3.05, 3.63) is 28.8 Å². The SMILES string of the molecule is CCSc1ccc(Cl)cc1C(=O)C1CCCNC1. The molecule has 1 aliphatic heterocycles. The number of Topliss-reactive ketones (excluding diaryl/α,β-unsaturated/α-hetero) is 1. The number of hydrogen-bond acceptors (Lipinski definition) is 3. The van der Waals surface area contributed by atoms with E-state index < -0.39 is 0 Å². The summed E-state index contributed by atoms with van der Waals surface area (Å²) in [7, 11) is 0. The Balaban J connectivity index is 2.24. The van der Waals surface area contributed by atoms with Crippen LogP contribution in [0.1, 0.15) is 30.1 Å². The molecule has 0 spiro atoms. The van der Waals surface area contributed by atoms with E-state index in [4.69, 9.17) is 11.6 Å². The highest BCUT2D eigenvalue weighted by Crippen LogP contribution is 2.29. The maximum atomic E-state index is 12.5. The fraction of sp³-hybridized carbons (Fsp3) is 0.500. The van der Waals surface area contributed by atoms with Crippen LogP contribution in [0.2, 0.25) is 5.02 Å². The van der Waals surface area contributed by atoms with Crippen molar-refractivity contribution in [3.8, 4) is 0 Å². The van der Waals surface area contributed by atoms with Gasteiger partial charge in [-0.1, -0.05) is 18.5 Å². The zero-order chi connectivity index (χ0) is 13.0. The van der Waals surface area contributed by atoms with Crippen molar-refractivity contribution in [3.63, 3.8) is 0 Å². The standard InChI is InChI=1S/C14H18ClNOS/c1-2-18-13-6-5-11(15)8-12(13)14(17)10-4-3-7-16-9-10/h5-6,8,10,16H,2-4,7,9H2,1H3. The predicted molar refractivity (Wildman–Crippen MR) is 77.8 cm³/mol. The number of halogens is 1. The van der Waals surface area contributed by atoms with Gasteiger partial charge in [0.1, 0.15) is 0 Å². The van der Waals surface area contributed by atoms with Crippen LogP contribution >= 0.6 is 23.4 Å². The van der Waals surface area contributed by atoms with Crippen LogP contribution in [-0.4, -0.2) is 24.6 Å². The molecule has 4 heteroatoms. The molecule has 1 aliphatic rings. The number of ketones is 1. The van der Waals surface area contributed by atoms with Crippen molar-refractivity contribution >= 4 is 29.1 Å². The van der Waals surface area contributed by atoms with Crippen molar-refractivity contribution in [2.45, 2.75) is 24.7 Å². The highest BCUT2D eigenvalue weighted by Gasteiger charge is 2.24. The first kappa shape index (κ1) is 13.9. The average molecular weight is 284 g/mol. The number of thioether (sulfide) groups is 1. The van der Waals surface area contributed by atoms with Crippen molar-refractivity contribution in [2.24, 2.45) is 5.92 Å². The molecule has 1 aromatic rings. The van der Waals surface area contributed by atoms with Crippen molar-refractivity contribution < 1.29 is 4.79 Å². The molecule has 1 fully saturated rings. The molecule has 0 aliphatic carbocycles. The molecule has 1 heterocycles. The van der Waals surface area contributed by atoms with Gasteiger partial charge < -0.3 is 5.32 Å². The Morgan fingerprint density at radius 1 is 1.56 bits per heavy atom. The Bertz CT molecular complexity index is 430. The average Bonchev–Trinajstić information content (AvgIpc) is 2.41. The molecule has 1 aromatic carbocycles. The zero-order valence-electron chi connectivity index (χ0n) is 10.5. The molecule has 2 rings (SSSR count). The summed E-state index contributed by atoms with van der Waals surface area (Å²) in [6.07, 6.45) is 2.06. The number of carbonyl (C=O) groups excluding carboxylic acids is 1. The third-order valence-electron chi connectivity index (χ3n) is 3.17. The number of carbonyl (C=O) groups is 1. The minimum atomic E-state index is 0.105. The van der Waals surface area contributed by atoms with Gasteiger partial charge in [0, 0.05) is 27.9 Å². The number of benzene rings is 1. The van der Waals surface area contributed by atoms with E-state index in [1.165, 1.54) is 0 Å². The summed E-state index contributed by atoms with van der Waals surface area (Å²) < 4.78 is 0. The van der Waals surface area contributed by atoms with Gasteiger partial charge in [0.2, 0.25) is 0 Å². The smallest absolute Gasteiger partial charge is 0.168 e. The van der Waals surface area contributed by atoms with E-state index in [0.29, 0.717) is 5.02 Å². The van der Waals surface area contributed by atoms with Gasteiger partial charge in [-0.3, -0.25) is 4.79 Å². The van der Waals surface area contributed by atoms with E-state index in [1.54, 1.807) is 11.8 Å². The maximum absolute atomic E-state index is 12.5. The Morgan fingerprint density at radius 3 is 3.06 bits per heavy atom. The van der Waals surface area contributed by atoms with E-state index in [0.717, 1.165) is 42.1 Å². The molecule has 1 unspecified atom stereocenters. The third kappa shape index (κ3) is 3.28. The minimum Gasteiger partial charge on any atom is -0.316 e. The predicted octanol–water partition coefficient (Wildman–Crippen LogP) is 3.63. The lowest BCUT2D eigenvalue weighted by atomic mass is 9.91. The van der Waals surface area contributed by atoms with Crippen LogP contribution in [0.25, 0.3) is 0 Å². The van der Waals surface area contributed by atoms with Crippen molar-refractivity contribution in [1.82, 2.24) is 5.32 Å². The van der Waals surface area contributed by atoms with E-state index >= 15 is 0 Å². The lowest BCUT2D eigenvalue weighted by Gasteiger charge is -2.22. The van der Waals surface area contributed by atoms with Crippen LogP contribution in [0, 0.1) is 5.92 Å². The molecule has 1 saturated heterocycles. The van der Waals surface area contributed by atoms with Gasteiger partial charge in [0.05, 0.1) is 0 Å². The fourth-order valence-corrected chi connectivity index (χ4v) is 3.23. The first-order valence-electron chi connectivity index (χ1n) is 6.39. The van der Waals surface area contributed by atoms with Crippen LogP contribution in [0.3, 0.4) is 0 Å². The lowest BCUT2D eigenvalue weighted by Crippen LogP contribution is -2.34. The van der Waals surface area contributed by atoms with Gasteiger partial charge in [0.25, 0.3) is 0 Å². The van der Waals surface area contributed by atoms with Gasteiger partial charge in [-0.05, 0) is 43.3 Å². The topological polar surface area (TPSA) is 29.1 Å². The summed E-state index contributed by atoms with van der Waals surface area (Å²) in [5.41, 5.74) is 0.794. The van der Waals surface area contributed by atoms with Crippen LogP contribution in [-0.2, 0) is 0 Å². The molecule has 18 heavy (non-hydrogen) atoms. The Hall–Kier alpha value is -0.510. The summed E-state index contributed by atoms with van der Waals surface area (Å²) >= 11 is 7.73. The van der Waals surface area contributed by atoms with Gasteiger partial charge in [-0.15, -0.1) is 11.8 Å². The van der Waals surface area contributed by atoms with Crippen molar-refractivity contribution in [1.29, 1.82) is 0 Å². The van der Waals surface area contributed by atoms with Crippen LogP contribution in [0.4, 0.5) is 0 Å². The molecular weight excluding hydrogens is 266 g/mol. The van der Waals surface area contributed by atoms with Crippen LogP contribution < -0.4 is 5.32 Å². The molecule has 0 radical (unpaired) electrons. The molecule has 0 amide bonds. The highest BCUT2D eigenvalue weighted by atomic mass is 35.5. The molecule has 0 bridgehead atoms. The number of piperidine rings is 1. The zero-order valence-corrected chi connectivity index (χ0v) is 12.1. The third-order valence-corrected chi connectivity index (χ3v) is 4.37. The van der Waals surface area contributed by atoms with Gasteiger partial charge in [0.15, 0.2) is 5.78 Å². The number of rotatable bonds is 4. The largest absolute Gasteiger partial charge is 0.316 e. The fourth-order valence-electron chi connectivity index (χ4n) is 2.27. The normalized spacial score (nSPS) is 19.8. The van der Waals surface area contributed by atoms with E-state index in [9.17, 15) is 4.79 Å². The lowest BCUT2D eigenvalue weighted by molar-refractivity contribution is 0.0896. The Labute approximate surface area is 117 Å². The second kappa shape index (κ2) is 6.60. The Morgan fingerprint density at radius 2 is 2.39 bits per heavy atom. The first-order chi connectivity index (χ1) is 8.72. The van der Waals surface area contributed by atoms with E-state index in [-0.39, 0.29) is 11.7 Å². The second-order valence-electron chi connectivity index (χ2n) is 4.48. The molecular formula is C14H18ClNOS. The molecule has 2 nitrogen and oxygen atoms in total. The second-order valence-corrected chi connectivity index (χ2v) is 6.22. The van der Waals surface area contributed by atoms with Crippen molar-refractivity contribution in [2.75, 3.05) is 18.8 Å². The molecule has 0 saturated carbocycles. The van der Waals surface area contributed by atoms with Gasteiger partial charge in [-0.2, -0.15) is 0 Å². The first-order valence-corrected chi connectivity index (χ1v) is 7.76. The molecule has 0 aromatic heterocycles. The van der Waals surface area contributed by atoms with Crippen LogP contribution in [0.15, 0.2) is 23.1 Å². The van der Waals surface area contributed by atoms with Gasteiger partial charge in [-0.25, -0.2) is 0 Å². The molecule has 1 N–H and O–H groups in total. The number of hydrogen-bond donors (Lipinski definition) is 1. The highest BCUT2D eigenvalue weighted by molar-refractivity contribution is 7.99. The molecule has 1 atom stereocenters. The quantitative estimate of drug-likeness (QED) is 0.676. The Kier molecular flexibility index (Phi) is 5.10. The van der Waals surface area contributed by atoms with E-state index in [1.807, 2.05) is 18.2 Å². The minimum absolute atomic E-state index is 0.105. The summed E-state index contributed by atoms with van der Waals surface area (Å²) in [5, 5.41) is 3.93. The summed E-state index contributed by atoms with van der Waals surface area (Å²) in [4.78, 5) is 13.6. The summed E-state index contributed by atoms with van der Waals surface area (Å²) in [6.45, 7) is 3.91. The number of nitrogens with one attached hydrogen (secondary N) is 1.